The van der Waals surface area contributed by atoms with Crippen LogP contribution in [0.2, 0.25) is 0 Å². The Hall–Kier alpha value is -1.84. The number of benzene rings is 1. The van der Waals surface area contributed by atoms with E-state index in [2.05, 4.69) is 29.1 Å². The van der Waals surface area contributed by atoms with Crippen LogP contribution in [0, 0.1) is 0 Å². The molecule has 0 aliphatic heterocycles. The molecular formula is C14H19NO3. The van der Waals surface area contributed by atoms with Gasteiger partial charge in [-0.05, 0) is 17.5 Å². The van der Waals surface area contributed by atoms with Gasteiger partial charge in [-0.3, -0.25) is 9.59 Å². The van der Waals surface area contributed by atoms with E-state index >= 15 is 0 Å². The van der Waals surface area contributed by atoms with Crippen LogP contribution in [0.25, 0.3) is 0 Å². The van der Waals surface area contributed by atoms with Gasteiger partial charge in [0.1, 0.15) is 6.42 Å². The summed E-state index contributed by atoms with van der Waals surface area (Å²) in [5.74, 6) is -0.842. The first-order valence-electron chi connectivity index (χ1n) is 6.07. The van der Waals surface area contributed by atoms with Crippen molar-refractivity contribution in [1.29, 1.82) is 0 Å². The molecule has 1 rings (SSSR count). The number of ether oxygens (including phenoxy) is 1. The van der Waals surface area contributed by atoms with E-state index in [1.165, 1.54) is 12.7 Å². The Kier molecular flexibility index (Phi) is 5.91. The molecule has 0 spiro atoms. The smallest absolute Gasteiger partial charge is 0.315 e. The zero-order chi connectivity index (χ0) is 13.4. The largest absolute Gasteiger partial charge is 0.469 e. The molecule has 0 aromatic heterocycles. The lowest BCUT2D eigenvalue weighted by Gasteiger charge is -2.05. The molecule has 0 aliphatic carbocycles. The lowest BCUT2D eigenvalue weighted by molar-refractivity contribution is -0.143. The number of rotatable bonds is 6. The van der Waals surface area contributed by atoms with Crippen molar-refractivity contribution < 1.29 is 14.3 Å². The molecule has 1 aromatic carbocycles. The molecule has 0 bridgehead atoms. The number of methoxy groups -OCH3 is 1. The Labute approximate surface area is 107 Å². The lowest BCUT2D eigenvalue weighted by atomic mass is 10.1. The maximum Gasteiger partial charge on any atom is 0.315 e. The van der Waals surface area contributed by atoms with Gasteiger partial charge in [0.2, 0.25) is 5.91 Å². The SMILES string of the molecule is CCCc1ccc(CNC(=O)CC(=O)OC)cc1. The zero-order valence-electron chi connectivity index (χ0n) is 10.9. The van der Waals surface area contributed by atoms with Crippen molar-refractivity contribution in [3.63, 3.8) is 0 Å². The molecular weight excluding hydrogens is 230 g/mol. The normalized spacial score (nSPS) is 9.89. The van der Waals surface area contributed by atoms with Gasteiger partial charge in [0.05, 0.1) is 7.11 Å². The van der Waals surface area contributed by atoms with Crippen molar-refractivity contribution in [1.82, 2.24) is 5.32 Å². The fraction of sp³-hybridized carbons (Fsp3) is 0.429. The topological polar surface area (TPSA) is 55.4 Å². The Morgan fingerprint density at radius 2 is 1.78 bits per heavy atom. The molecule has 4 nitrogen and oxygen atoms in total. The van der Waals surface area contributed by atoms with Gasteiger partial charge in [-0.15, -0.1) is 0 Å². The second-order valence-electron chi connectivity index (χ2n) is 4.10. The molecule has 4 heteroatoms. The number of hydrogen-bond donors (Lipinski definition) is 1. The Morgan fingerprint density at radius 1 is 1.17 bits per heavy atom. The van der Waals surface area contributed by atoms with Gasteiger partial charge in [0, 0.05) is 6.54 Å². The molecule has 18 heavy (non-hydrogen) atoms. The van der Waals surface area contributed by atoms with Crippen LogP contribution < -0.4 is 5.32 Å². The molecule has 0 unspecified atom stereocenters. The van der Waals surface area contributed by atoms with Gasteiger partial charge in [-0.2, -0.15) is 0 Å². The maximum atomic E-state index is 11.3. The predicted molar refractivity (Wildman–Crippen MR) is 68.9 cm³/mol. The summed E-state index contributed by atoms with van der Waals surface area (Å²) in [6.07, 6.45) is 1.95. The van der Waals surface area contributed by atoms with E-state index < -0.39 is 5.97 Å². The quantitative estimate of drug-likeness (QED) is 0.618. The van der Waals surface area contributed by atoms with E-state index in [4.69, 9.17) is 0 Å². The molecule has 0 heterocycles. The summed E-state index contributed by atoms with van der Waals surface area (Å²) in [6, 6.07) is 8.10. The second kappa shape index (κ2) is 7.48. The molecule has 0 aliphatic rings. The van der Waals surface area contributed by atoms with Crippen LogP contribution in [-0.4, -0.2) is 19.0 Å². The fourth-order valence-electron chi connectivity index (χ4n) is 1.58. The number of aryl methyl sites for hydroxylation is 1. The van der Waals surface area contributed by atoms with Gasteiger partial charge in [0.15, 0.2) is 0 Å². The monoisotopic (exact) mass is 249 g/mol. The Morgan fingerprint density at radius 3 is 2.33 bits per heavy atom. The molecule has 0 saturated heterocycles. The highest BCUT2D eigenvalue weighted by atomic mass is 16.5. The highest BCUT2D eigenvalue weighted by Crippen LogP contribution is 2.06. The third-order valence-electron chi connectivity index (χ3n) is 2.58. The first kappa shape index (κ1) is 14.2. The van der Waals surface area contributed by atoms with Crippen LogP contribution in [0.5, 0.6) is 0 Å². The molecule has 0 saturated carbocycles. The van der Waals surface area contributed by atoms with Crippen LogP contribution in [0.15, 0.2) is 24.3 Å². The predicted octanol–water partition coefficient (Wildman–Crippen LogP) is 1.82. The third-order valence-corrected chi connectivity index (χ3v) is 2.58. The van der Waals surface area contributed by atoms with E-state index in [1.54, 1.807) is 0 Å². The molecule has 0 fully saturated rings. The average Bonchev–Trinajstić information content (AvgIpc) is 2.38. The summed E-state index contributed by atoms with van der Waals surface area (Å²) in [5, 5.41) is 2.68. The summed E-state index contributed by atoms with van der Waals surface area (Å²) in [5.41, 5.74) is 2.32. The summed E-state index contributed by atoms with van der Waals surface area (Å²) >= 11 is 0. The van der Waals surface area contributed by atoms with Gasteiger partial charge in [-0.1, -0.05) is 37.6 Å². The summed E-state index contributed by atoms with van der Waals surface area (Å²) in [7, 11) is 1.27. The first-order valence-corrected chi connectivity index (χ1v) is 6.07. The van der Waals surface area contributed by atoms with E-state index in [9.17, 15) is 9.59 Å². The molecule has 0 atom stereocenters. The maximum absolute atomic E-state index is 11.3. The second-order valence-corrected chi connectivity index (χ2v) is 4.10. The van der Waals surface area contributed by atoms with Gasteiger partial charge in [0.25, 0.3) is 0 Å². The molecule has 1 N–H and O–H groups in total. The Bertz CT molecular complexity index is 398. The van der Waals surface area contributed by atoms with Gasteiger partial charge < -0.3 is 10.1 Å². The highest BCUT2D eigenvalue weighted by molar-refractivity contribution is 5.94. The van der Waals surface area contributed by atoms with Crippen molar-refractivity contribution in [2.24, 2.45) is 0 Å². The van der Waals surface area contributed by atoms with Crippen LogP contribution in [0.3, 0.4) is 0 Å². The van der Waals surface area contributed by atoms with Crippen LogP contribution in [0.4, 0.5) is 0 Å². The third kappa shape index (κ3) is 4.99. The van der Waals surface area contributed by atoms with E-state index in [0.29, 0.717) is 6.54 Å². The van der Waals surface area contributed by atoms with E-state index in [0.717, 1.165) is 18.4 Å². The number of hydrogen-bond acceptors (Lipinski definition) is 3. The van der Waals surface area contributed by atoms with Crippen LogP contribution >= 0.6 is 0 Å². The number of nitrogens with one attached hydrogen (secondary N) is 1. The molecule has 1 amide bonds. The minimum Gasteiger partial charge on any atom is -0.469 e. The van der Waals surface area contributed by atoms with Gasteiger partial charge >= 0.3 is 5.97 Å². The van der Waals surface area contributed by atoms with Crippen LogP contribution in [-0.2, 0) is 27.3 Å². The number of carbonyl (C=O) groups excluding carboxylic acids is 2. The van der Waals surface area contributed by atoms with Crippen molar-refractivity contribution in [3.8, 4) is 0 Å². The van der Waals surface area contributed by atoms with Crippen molar-refractivity contribution in [2.45, 2.75) is 32.7 Å². The fourth-order valence-corrected chi connectivity index (χ4v) is 1.58. The summed E-state index contributed by atoms with van der Waals surface area (Å²) in [6.45, 7) is 2.57. The number of amides is 1. The van der Waals surface area contributed by atoms with Crippen LogP contribution in [0.1, 0.15) is 30.9 Å². The first-order chi connectivity index (χ1) is 8.65. The zero-order valence-corrected chi connectivity index (χ0v) is 10.9. The van der Waals surface area contributed by atoms with Crippen molar-refractivity contribution in [3.05, 3.63) is 35.4 Å². The molecule has 1 aromatic rings. The lowest BCUT2D eigenvalue weighted by Crippen LogP contribution is -2.25. The summed E-state index contributed by atoms with van der Waals surface area (Å²) in [4.78, 5) is 22.2. The van der Waals surface area contributed by atoms with E-state index in [1.807, 2.05) is 12.1 Å². The Balaban J connectivity index is 2.39. The van der Waals surface area contributed by atoms with E-state index in [-0.39, 0.29) is 12.3 Å². The highest BCUT2D eigenvalue weighted by Gasteiger charge is 2.08. The number of carbonyl (C=O) groups is 2. The molecule has 98 valence electrons. The van der Waals surface area contributed by atoms with Gasteiger partial charge in [-0.25, -0.2) is 0 Å². The number of esters is 1. The minimum atomic E-state index is -0.522. The minimum absolute atomic E-state index is 0.232. The van der Waals surface area contributed by atoms with Crippen molar-refractivity contribution in [2.75, 3.05) is 7.11 Å². The standard InChI is InChI=1S/C14H19NO3/c1-3-4-11-5-7-12(8-6-11)10-15-13(16)9-14(17)18-2/h5-8H,3-4,9-10H2,1-2H3,(H,15,16). The summed E-state index contributed by atoms with van der Waals surface area (Å²) < 4.78 is 4.42. The average molecular weight is 249 g/mol. The molecule has 0 radical (unpaired) electrons. The van der Waals surface area contributed by atoms with Crippen molar-refractivity contribution >= 4 is 11.9 Å².